The molecule has 3 aromatic rings. The summed E-state index contributed by atoms with van der Waals surface area (Å²) in [5.74, 6) is 1.80. The predicted octanol–water partition coefficient (Wildman–Crippen LogP) is 4.24. The summed E-state index contributed by atoms with van der Waals surface area (Å²) in [4.78, 5) is 11.8. The number of benzene rings is 2. The summed E-state index contributed by atoms with van der Waals surface area (Å²) < 4.78 is 0. The van der Waals surface area contributed by atoms with Crippen LogP contribution in [0.15, 0.2) is 60.7 Å². The Morgan fingerprint density at radius 3 is 2.45 bits per heavy atom. The van der Waals surface area contributed by atoms with Crippen molar-refractivity contribution in [2.75, 3.05) is 26.0 Å². The molecule has 0 radical (unpaired) electrons. The lowest BCUT2D eigenvalue weighted by Gasteiger charge is -2.18. The van der Waals surface area contributed by atoms with Crippen molar-refractivity contribution in [3.05, 3.63) is 77.7 Å². The molecule has 2 aromatic carbocycles. The van der Waals surface area contributed by atoms with E-state index in [1.807, 2.05) is 19.2 Å². The summed E-state index contributed by atoms with van der Waals surface area (Å²) in [6.07, 6.45) is 2.29. The number of aromatic nitrogens is 2. The number of nitrogens with one attached hydrogen (secondary N) is 2. The summed E-state index contributed by atoms with van der Waals surface area (Å²) in [5, 5.41) is 6.68. The molecule has 2 N–H and O–H groups in total. The molecule has 1 aromatic heterocycles. The maximum atomic E-state index is 4.84. The lowest BCUT2D eigenvalue weighted by molar-refractivity contribution is 0.314. The molecule has 150 valence electrons. The molecule has 5 nitrogen and oxygen atoms in total. The highest BCUT2D eigenvalue weighted by Crippen LogP contribution is 2.23. The van der Waals surface area contributed by atoms with E-state index >= 15 is 0 Å². The highest BCUT2D eigenvalue weighted by molar-refractivity contribution is 5.63. The van der Waals surface area contributed by atoms with Crippen molar-refractivity contribution in [1.82, 2.24) is 20.2 Å². The molecule has 0 amide bonds. The van der Waals surface area contributed by atoms with Gasteiger partial charge in [0.2, 0.25) is 0 Å². The molecule has 0 bridgehead atoms. The Morgan fingerprint density at radius 2 is 1.76 bits per heavy atom. The first-order valence-electron chi connectivity index (χ1n) is 10.3. The molecular weight excluding hydrogens is 358 g/mol. The van der Waals surface area contributed by atoms with Crippen molar-refractivity contribution in [1.29, 1.82) is 0 Å². The van der Waals surface area contributed by atoms with E-state index in [0.717, 1.165) is 43.4 Å². The quantitative estimate of drug-likeness (QED) is 0.635. The fraction of sp³-hybridized carbons (Fsp3) is 0.333. The predicted molar refractivity (Wildman–Crippen MR) is 119 cm³/mol. The van der Waals surface area contributed by atoms with Crippen molar-refractivity contribution >= 4 is 5.82 Å². The van der Waals surface area contributed by atoms with Gasteiger partial charge in [-0.3, -0.25) is 4.90 Å². The molecule has 0 spiro atoms. The SMILES string of the molecule is CNc1cc(CN(C)Cc2ccc(-c3ccccc3)cc2)nc(C2CCCN2)n1. The fourth-order valence-corrected chi connectivity index (χ4v) is 3.87. The smallest absolute Gasteiger partial charge is 0.147 e. The Morgan fingerprint density at radius 1 is 1.00 bits per heavy atom. The molecule has 0 aliphatic carbocycles. The monoisotopic (exact) mass is 387 g/mol. The number of hydrogen-bond donors (Lipinski definition) is 2. The van der Waals surface area contributed by atoms with Crippen molar-refractivity contribution in [3.8, 4) is 11.1 Å². The first-order valence-corrected chi connectivity index (χ1v) is 10.3. The van der Waals surface area contributed by atoms with E-state index in [2.05, 4.69) is 76.1 Å². The van der Waals surface area contributed by atoms with Gasteiger partial charge in [-0.25, -0.2) is 9.97 Å². The van der Waals surface area contributed by atoms with Crippen LogP contribution in [0.1, 0.15) is 36.0 Å². The zero-order chi connectivity index (χ0) is 20.1. The summed E-state index contributed by atoms with van der Waals surface area (Å²) in [6, 6.07) is 21.6. The molecule has 1 fully saturated rings. The van der Waals surface area contributed by atoms with Gasteiger partial charge in [0, 0.05) is 26.2 Å². The van der Waals surface area contributed by atoms with Gasteiger partial charge in [-0.2, -0.15) is 0 Å². The van der Waals surface area contributed by atoms with E-state index in [1.54, 1.807) is 0 Å². The van der Waals surface area contributed by atoms with Crippen LogP contribution >= 0.6 is 0 Å². The van der Waals surface area contributed by atoms with Crippen LogP contribution in [0.3, 0.4) is 0 Å². The van der Waals surface area contributed by atoms with Crippen LogP contribution in [-0.2, 0) is 13.1 Å². The standard InChI is InChI=1S/C24H29N5/c1-25-23-15-21(27-24(28-23)22-9-6-14-26-22)17-29(2)16-18-10-12-20(13-11-18)19-7-4-3-5-8-19/h3-5,7-8,10-13,15,22,26H,6,9,14,16-17H2,1-2H3,(H,25,27,28). The minimum absolute atomic E-state index is 0.276. The Balaban J connectivity index is 1.42. The van der Waals surface area contributed by atoms with E-state index in [0.29, 0.717) is 0 Å². The second-order valence-corrected chi connectivity index (χ2v) is 7.74. The van der Waals surface area contributed by atoms with Gasteiger partial charge in [-0.15, -0.1) is 0 Å². The number of nitrogens with zero attached hydrogens (tertiary/aromatic N) is 3. The maximum absolute atomic E-state index is 4.84. The third-order valence-corrected chi connectivity index (χ3v) is 5.37. The van der Waals surface area contributed by atoms with Gasteiger partial charge in [0.05, 0.1) is 11.7 Å². The largest absolute Gasteiger partial charge is 0.373 e. The second-order valence-electron chi connectivity index (χ2n) is 7.74. The van der Waals surface area contributed by atoms with E-state index < -0.39 is 0 Å². The average molecular weight is 388 g/mol. The average Bonchev–Trinajstić information content (AvgIpc) is 3.29. The highest BCUT2D eigenvalue weighted by atomic mass is 15.1. The van der Waals surface area contributed by atoms with Gasteiger partial charge < -0.3 is 10.6 Å². The van der Waals surface area contributed by atoms with E-state index in [4.69, 9.17) is 4.98 Å². The van der Waals surface area contributed by atoms with E-state index in [9.17, 15) is 0 Å². The molecule has 4 rings (SSSR count). The molecule has 29 heavy (non-hydrogen) atoms. The normalized spacial score (nSPS) is 16.3. The van der Waals surface area contributed by atoms with E-state index in [-0.39, 0.29) is 6.04 Å². The van der Waals surface area contributed by atoms with Crippen LogP contribution in [0.4, 0.5) is 5.82 Å². The third kappa shape index (κ3) is 5.00. The number of hydrogen-bond acceptors (Lipinski definition) is 5. The molecule has 1 atom stereocenters. The molecule has 1 saturated heterocycles. The van der Waals surface area contributed by atoms with Gasteiger partial charge in [-0.1, -0.05) is 54.6 Å². The topological polar surface area (TPSA) is 53.1 Å². The lowest BCUT2D eigenvalue weighted by atomic mass is 10.0. The summed E-state index contributed by atoms with van der Waals surface area (Å²) in [5.41, 5.74) is 4.85. The summed E-state index contributed by atoms with van der Waals surface area (Å²) in [7, 11) is 4.05. The fourth-order valence-electron chi connectivity index (χ4n) is 3.87. The molecule has 2 heterocycles. The number of rotatable bonds is 7. The van der Waals surface area contributed by atoms with Gasteiger partial charge in [0.25, 0.3) is 0 Å². The third-order valence-electron chi connectivity index (χ3n) is 5.37. The van der Waals surface area contributed by atoms with Crippen molar-refractivity contribution < 1.29 is 0 Å². The molecular formula is C24H29N5. The number of anilines is 1. The first kappa shape index (κ1) is 19.6. The van der Waals surface area contributed by atoms with Crippen LogP contribution in [0.5, 0.6) is 0 Å². The minimum atomic E-state index is 0.276. The van der Waals surface area contributed by atoms with Crippen LogP contribution in [0, 0.1) is 0 Å². The van der Waals surface area contributed by atoms with Crippen molar-refractivity contribution in [2.45, 2.75) is 32.0 Å². The van der Waals surface area contributed by atoms with Crippen molar-refractivity contribution in [3.63, 3.8) is 0 Å². The Hall–Kier alpha value is -2.76. The Bertz CT molecular complexity index is 918. The summed E-state index contributed by atoms with van der Waals surface area (Å²) >= 11 is 0. The zero-order valence-electron chi connectivity index (χ0n) is 17.2. The van der Waals surface area contributed by atoms with Crippen molar-refractivity contribution in [2.24, 2.45) is 0 Å². The highest BCUT2D eigenvalue weighted by Gasteiger charge is 2.20. The summed E-state index contributed by atoms with van der Waals surface area (Å²) in [6.45, 7) is 2.72. The van der Waals surface area contributed by atoms with Gasteiger partial charge in [0.15, 0.2) is 0 Å². The van der Waals surface area contributed by atoms with Crippen LogP contribution in [0.2, 0.25) is 0 Å². The maximum Gasteiger partial charge on any atom is 0.147 e. The molecule has 0 saturated carbocycles. The van der Waals surface area contributed by atoms with Crippen LogP contribution < -0.4 is 10.6 Å². The van der Waals surface area contributed by atoms with Crippen LogP contribution in [0.25, 0.3) is 11.1 Å². The van der Waals surface area contributed by atoms with Gasteiger partial charge >= 0.3 is 0 Å². The Kier molecular flexibility index (Phi) is 6.17. The van der Waals surface area contributed by atoms with E-state index in [1.165, 1.54) is 23.1 Å². The first-order chi connectivity index (χ1) is 14.2. The second kappa shape index (κ2) is 9.16. The molecule has 1 aliphatic rings. The van der Waals surface area contributed by atoms with Gasteiger partial charge in [0.1, 0.15) is 11.6 Å². The minimum Gasteiger partial charge on any atom is -0.373 e. The molecule has 1 aliphatic heterocycles. The molecule has 5 heteroatoms. The Labute approximate surface area is 173 Å². The zero-order valence-corrected chi connectivity index (χ0v) is 17.2. The lowest BCUT2D eigenvalue weighted by Crippen LogP contribution is -2.21. The molecule has 1 unspecified atom stereocenters. The van der Waals surface area contributed by atoms with Gasteiger partial charge in [-0.05, 0) is 43.1 Å². The van der Waals surface area contributed by atoms with Crippen LogP contribution in [-0.4, -0.2) is 35.5 Å².